The minimum absolute atomic E-state index is 0.157. The summed E-state index contributed by atoms with van der Waals surface area (Å²) >= 11 is 11.9. The van der Waals surface area contributed by atoms with Crippen molar-refractivity contribution in [1.82, 2.24) is 25.0 Å². The third-order valence-corrected chi connectivity index (χ3v) is 7.82. The van der Waals surface area contributed by atoms with Crippen molar-refractivity contribution < 1.29 is 20.1 Å². The number of halogens is 2. The van der Waals surface area contributed by atoms with Crippen LogP contribution in [0.1, 0.15) is 31.5 Å². The maximum absolute atomic E-state index is 11.2. The zero-order chi connectivity index (χ0) is 23.0. The maximum Gasteiger partial charge on any atom is 0.147 e. The molecule has 5 atom stereocenters. The van der Waals surface area contributed by atoms with Crippen LogP contribution in [-0.2, 0) is 4.74 Å². The molecular formula is C19H21BrClN5O4S2. The third kappa shape index (κ3) is 4.87. The second-order valence-corrected chi connectivity index (χ2v) is 10.9. The first-order chi connectivity index (χ1) is 15.3. The number of thioether (sulfide) groups is 1. The van der Waals surface area contributed by atoms with E-state index >= 15 is 0 Å². The number of aromatic nitrogens is 5. The van der Waals surface area contributed by atoms with E-state index in [1.807, 2.05) is 19.9 Å². The standard InChI is InChI=1S/C19H21BrClN5O4S2/c1-8(2)14-12(3-9(20)4-22-14)32-19-17(29)15(16(28)11(6-27)30-19)26-5-10(24-25-26)18-23-13(21)7-31-18/h3-5,7-8,11,15-17,19,27-29H,6H2,1-2H3/t11-,15+,16+,17-,19-/m1/s1. The van der Waals surface area contributed by atoms with Crippen LogP contribution in [0.15, 0.2) is 33.2 Å². The van der Waals surface area contributed by atoms with Gasteiger partial charge in [-0.3, -0.25) is 4.98 Å². The normalized spacial score (nSPS) is 26.1. The van der Waals surface area contributed by atoms with E-state index in [1.54, 1.807) is 17.8 Å². The predicted octanol–water partition coefficient (Wildman–Crippen LogP) is 3.11. The number of pyridine rings is 1. The monoisotopic (exact) mass is 561 g/mol. The van der Waals surface area contributed by atoms with E-state index in [0.717, 1.165) is 15.1 Å². The fourth-order valence-electron chi connectivity index (χ4n) is 3.45. The van der Waals surface area contributed by atoms with Gasteiger partial charge in [-0.25, -0.2) is 9.67 Å². The van der Waals surface area contributed by atoms with Crippen molar-refractivity contribution >= 4 is 50.6 Å². The highest BCUT2D eigenvalue weighted by atomic mass is 79.9. The molecule has 1 fully saturated rings. The second kappa shape index (κ2) is 10.0. The minimum atomic E-state index is -1.20. The lowest BCUT2D eigenvalue weighted by Gasteiger charge is -2.41. The highest BCUT2D eigenvalue weighted by Crippen LogP contribution is 2.40. The van der Waals surface area contributed by atoms with Gasteiger partial charge in [0.05, 0.1) is 18.5 Å². The Morgan fingerprint density at radius 2 is 2.12 bits per heavy atom. The van der Waals surface area contributed by atoms with Gasteiger partial charge in [0, 0.05) is 20.9 Å². The Balaban J connectivity index is 1.64. The van der Waals surface area contributed by atoms with E-state index in [0.29, 0.717) is 15.9 Å². The van der Waals surface area contributed by atoms with Crippen molar-refractivity contribution in [2.24, 2.45) is 0 Å². The molecule has 3 N–H and O–H groups in total. The molecular weight excluding hydrogens is 542 g/mol. The van der Waals surface area contributed by atoms with Crippen molar-refractivity contribution in [2.45, 2.75) is 54.5 Å². The van der Waals surface area contributed by atoms with Gasteiger partial charge < -0.3 is 20.1 Å². The number of aliphatic hydroxyl groups is 3. The van der Waals surface area contributed by atoms with E-state index in [-0.39, 0.29) is 5.92 Å². The number of aliphatic hydroxyl groups excluding tert-OH is 3. The van der Waals surface area contributed by atoms with Gasteiger partial charge in [-0.1, -0.05) is 42.4 Å². The van der Waals surface area contributed by atoms with E-state index in [9.17, 15) is 15.3 Å². The molecule has 1 saturated heterocycles. The average Bonchev–Trinajstić information content (AvgIpc) is 3.39. The molecule has 32 heavy (non-hydrogen) atoms. The molecule has 0 saturated carbocycles. The molecule has 0 aliphatic carbocycles. The Morgan fingerprint density at radius 3 is 2.78 bits per heavy atom. The van der Waals surface area contributed by atoms with E-state index in [1.165, 1.54) is 27.8 Å². The number of hydrogen-bond donors (Lipinski definition) is 3. The first kappa shape index (κ1) is 24.0. The highest BCUT2D eigenvalue weighted by molar-refractivity contribution is 9.10. The van der Waals surface area contributed by atoms with Gasteiger partial charge in [0.2, 0.25) is 0 Å². The molecule has 9 nitrogen and oxygen atoms in total. The van der Waals surface area contributed by atoms with Gasteiger partial charge in [-0.05, 0) is 27.9 Å². The molecule has 0 aromatic carbocycles. The summed E-state index contributed by atoms with van der Waals surface area (Å²) in [5.74, 6) is 0.157. The molecule has 0 bridgehead atoms. The zero-order valence-corrected chi connectivity index (χ0v) is 21.0. The number of ether oxygens (including phenoxy) is 1. The number of nitrogens with zero attached hydrogens (tertiary/aromatic N) is 5. The van der Waals surface area contributed by atoms with E-state index in [4.69, 9.17) is 16.3 Å². The largest absolute Gasteiger partial charge is 0.394 e. The predicted molar refractivity (Wildman–Crippen MR) is 125 cm³/mol. The van der Waals surface area contributed by atoms with Crippen LogP contribution in [0.3, 0.4) is 0 Å². The molecule has 3 aromatic heterocycles. The molecule has 4 rings (SSSR count). The number of rotatable bonds is 6. The van der Waals surface area contributed by atoms with Gasteiger partial charge in [-0.2, -0.15) is 0 Å². The summed E-state index contributed by atoms with van der Waals surface area (Å²) in [4.78, 5) is 9.50. The summed E-state index contributed by atoms with van der Waals surface area (Å²) in [6.45, 7) is 3.64. The van der Waals surface area contributed by atoms with Crippen LogP contribution in [0.4, 0.5) is 0 Å². The van der Waals surface area contributed by atoms with E-state index < -0.39 is 36.4 Å². The molecule has 0 radical (unpaired) electrons. The molecule has 0 spiro atoms. The Bertz CT molecular complexity index is 1080. The summed E-state index contributed by atoms with van der Waals surface area (Å²) in [6, 6.07) is 1.02. The van der Waals surface area contributed by atoms with Gasteiger partial charge >= 0.3 is 0 Å². The second-order valence-electron chi connectivity index (χ2n) is 7.57. The number of thiazole rings is 1. The Hall–Kier alpha value is -1.12. The van der Waals surface area contributed by atoms with Gasteiger partial charge in [0.15, 0.2) is 0 Å². The van der Waals surface area contributed by atoms with Crippen molar-refractivity contribution in [3.8, 4) is 10.7 Å². The summed E-state index contributed by atoms with van der Waals surface area (Å²) in [7, 11) is 0. The fourth-order valence-corrected chi connectivity index (χ4v) is 6.19. The molecule has 3 aromatic rings. The SMILES string of the molecule is CC(C)c1ncc(Br)cc1S[C@H]1O[C@H](CO)[C@H](O)[C@H](n2cc(-c3nc(Cl)cs3)nn2)[C@H]1O. The quantitative estimate of drug-likeness (QED) is 0.415. The lowest BCUT2D eigenvalue weighted by Crippen LogP contribution is -2.55. The minimum Gasteiger partial charge on any atom is -0.394 e. The molecule has 172 valence electrons. The van der Waals surface area contributed by atoms with Crippen molar-refractivity contribution in [3.05, 3.63) is 39.2 Å². The first-order valence-corrected chi connectivity index (χ1v) is 12.7. The van der Waals surface area contributed by atoms with Crippen LogP contribution < -0.4 is 0 Å². The Morgan fingerprint density at radius 1 is 1.34 bits per heavy atom. The summed E-state index contributed by atoms with van der Waals surface area (Å²) in [6.07, 6.45) is 0.0549. The lowest BCUT2D eigenvalue weighted by molar-refractivity contribution is -0.178. The zero-order valence-electron chi connectivity index (χ0n) is 17.0. The maximum atomic E-state index is 11.2. The van der Waals surface area contributed by atoms with Crippen LogP contribution in [0, 0.1) is 0 Å². The Labute approximate surface area is 205 Å². The van der Waals surface area contributed by atoms with Crippen molar-refractivity contribution in [2.75, 3.05) is 6.61 Å². The smallest absolute Gasteiger partial charge is 0.147 e. The lowest BCUT2D eigenvalue weighted by atomic mass is 9.97. The van der Waals surface area contributed by atoms with Gasteiger partial charge in [0.25, 0.3) is 0 Å². The Kier molecular flexibility index (Phi) is 7.52. The molecule has 0 unspecified atom stereocenters. The molecule has 13 heteroatoms. The highest BCUT2D eigenvalue weighted by Gasteiger charge is 2.46. The fraction of sp³-hybridized carbons (Fsp3) is 0.474. The molecule has 1 aliphatic rings. The average molecular weight is 563 g/mol. The van der Waals surface area contributed by atoms with Crippen LogP contribution >= 0.6 is 50.6 Å². The first-order valence-electron chi connectivity index (χ1n) is 9.76. The molecule has 1 aliphatic heterocycles. The van der Waals surface area contributed by atoms with Gasteiger partial charge in [-0.15, -0.1) is 16.4 Å². The van der Waals surface area contributed by atoms with Crippen molar-refractivity contribution in [1.29, 1.82) is 0 Å². The third-order valence-electron chi connectivity index (χ3n) is 5.00. The molecule has 0 amide bonds. The van der Waals surface area contributed by atoms with Crippen LogP contribution in [0.5, 0.6) is 0 Å². The molecule has 4 heterocycles. The van der Waals surface area contributed by atoms with Gasteiger partial charge in [0.1, 0.15) is 45.6 Å². The van der Waals surface area contributed by atoms with Crippen LogP contribution in [0.2, 0.25) is 5.15 Å². The number of hydrogen-bond acceptors (Lipinski definition) is 10. The summed E-state index contributed by atoms with van der Waals surface area (Å²) in [5, 5.41) is 42.6. The van der Waals surface area contributed by atoms with E-state index in [2.05, 4.69) is 36.2 Å². The summed E-state index contributed by atoms with van der Waals surface area (Å²) in [5.41, 5.74) is 0.549. The topological polar surface area (TPSA) is 126 Å². The van der Waals surface area contributed by atoms with Crippen LogP contribution in [-0.4, -0.2) is 70.6 Å². The summed E-state index contributed by atoms with van der Waals surface area (Å²) < 4.78 is 8.05. The van der Waals surface area contributed by atoms with Crippen LogP contribution in [0.25, 0.3) is 10.7 Å². The van der Waals surface area contributed by atoms with Crippen molar-refractivity contribution in [3.63, 3.8) is 0 Å².